The first-order valence-corrected chi connectivity index (χ1v) is 4.85. The molecule has 1 aliphatic rings. The third-order valence-electron chi connectivity index (χ3n) is 2.26. The third-order valence-corrected chi connectivity index (χ3v) is 2.72. The van der Waals surface area contributed by atoms with Gasteiger partial charge in [-0.05, 0) is 18.9 Å². The van der Waals surface area contributed by atoms with E-state index in [1.165, 1.54) is 12.5 Å². The molecule has 0 unspecified atom stereocenters. The average molecular weight is 229 g/mol. The van der Waals surface area contributed by atoms with E-state index in [9.17, 15) is 4.79 Å². The molecule has 64 valence electrons. The normalized spacial score (nSPS) is 17.4. The Balaban J connectivity index is 2.36. The van der Waals surface area contributed by atoms with Gasteiger partial charge in [0.1, 0.15) is 5.76 Å². The Bertz CT molecular complexity index is 339. The lowest BCUT2D eigenvalue weighted by molar-refractivity contribution is 0.328. The van der Waals surface area contributed by atoms with Crippen molar-refractivity contribution in [3.63, 3.8) is 0 Å². The van der Waals surface area contributed by atoms with Crippen LogP contribution < -0.4 is 5.63 Å². The standard InChI is InChI=1S/C9H9BrO2/c10-7-4-8(6-2-1-3-6)12-9(11)5-7/h4-6H,1-3H2. The van der Waals surface area contributed by atoms with Crippen molar-refractivity contribution in [1.82, 2.24) is 0 Å². The molecular weight excluding hydrogens is 220 g/mol. The predicted octanol–water partition coefficient (Wildman–Crippen LogP) is 2.67. The van der Waals surface area contributed by atoms with Crippen molar-refractivity contribution in [2.75, 3.05) is 0 Å². The maximum atomic E-state index is 11.0. The predicted molar refractivity (Wildman–Crippen MR) is 49.3 cm³/mol. The van der Waals surface area contributed by atoms with Gasteiger partial charge in [0.25, 0.3) is 0 Å². The fraction of sp³-hybridized carbons (Fsp3) is 0.444. The maximum Gasteiger partial charge on any atom is 0.336 e. The summed E-state index contributed by atoms with van der Waals surface area (Å²) in [5.74, 6) is 1.32. The Labute approximate surface area is 78.7 Å². The van der Waals surface area contributed by atoms with Crippen LogP contribution in [0.5, 0.6) is 0 Å². The summed E-state index contributed by atoms with van der Waals surface area (Å²) < 4.78 is 5.90. The van der Waals surface area contributed by atoms with Crippen LogP contribution in [0.1, 0.15) is 30.9 Å². The van der Waals surface area contributed by atoms with Crippen molar-refractivity contribution < 1.29 is 4.42 Å². The van der Waals surface area contributed by atoms with E-state index in [0.29, 0.717) is 5.92 Å². The summed E-state index contributed by atoms with van der Waals surface area (Å²) in [4.78, 5) is 11.0. The Morgan fingerprint density at radius 3 is 2.67 bits per heavy atom. The molecule has 2 nitrogen and oxygen atoms in total. The smallest absolute Gasteiger partial charge is 0.336 e. The Morgan fingerprint density at radius 2 is 2.17 bits per heavy atom. The van der Waals surface area contributed by atoms with E-state index in [0.717, 1.165) is 23.1 Å². The van der Waals surface area contributed by atoms with E-state index < -0.39 is 0 Å². The van der Waals surface area contributed by atoms with Crippen molar-refractivity contribution in [1.29, 1.82) is 0 Å². The Hall–Kier alpha value is -0.570. The van der Waals surface area contributed by atoms with Gasteiger partial charge in [-0.2, -0.15) is 0 Å². The highest BCUT2D eigenvalue weighted by molar-refractivity contribution is 9.10. The summed E-state index contributed by atoms with van der Waals surface area (Å²) in [5, 5.41) is 0. The fourth-order valence-corrected chi connectivity index (χ4v) is 1.77. The minimum Gasteiger partial charge on any atom is -0.428 e. The van der Waals surface area contributed by atoms with Gasteiger partial charge in [-0.25, -0.2) is 4.79 Å². The van der Waals surface area contributed by atoms with Crippen molar-refractivity contribution in [2.45, 2.75) is 25.2 Å². The molecule has 1 heterocycles. The van der Waals surface area contributed by atoms with Crippen molar-refractivity contribution in [3.05, 3.63) is 32.8 Å². The van der Waals surface area contributed by atoms with Crippen LogP contribution in [0.25, 0.3) is 0 Å². The van der Waals surface area contributed by atoms with Gasteiger partial charge in [-0.3, -0.25) is 0 Å². The molecule has 1 saturated carbocycles. The average Bonchev–Trinajstić information content (AvgIpc) is 1.79. The van der Waals surface area contributed by atoms with Crippen LogP contribution >= 0.6 is 15.9 Å². The van der Waals surface area contributed by atoms with Gasteiger partial charge in [0.05, 0.1) is 0 Å². The zero-order chi connectivity index (χ0) is 8.55. The molecule has 2 rings (SSSR count). The second kappa shape index (κ2) is 3.05. The van der Waals surface area contributed by atoms with E-state index in [4.69, 9.17) is 4.42 Å². The monoisotopic (exact) mass is 228 g/mol. The van der Waals surface area contributed by atoms with Gasteiger partial charge in [-0.15, -0.1) is 0 Å². The molecule has 0 spiro atoms. The first kappa shape index (κ1) is 8.05. The van der Waals surface area contributed by atoms with Crippen LogP contribution in [0.3, 0.4) is 0 Å². The van der Waals surface area contributed by atoms with Gasteiger partial charge in [0, 0.05) is 16.5 Å². The lowest BCUT2D eigenvalue weighted by Crippen LogP contribution is -2.11. The fourth-order valence-electron chi connectivity index (χ4n) is 1.36. The first-order valence-electron chi connectivity index (χ1n) is 4.06. The molecule has 3 heteroatoms. The minimum absolute atomic E-state index is 0.258. The summed E-state index contributed by atoms with van der Waals surface area (Å²) in [5.41, 5.74) is -0.258. The summed E-state index contributed by atoms with van der Waals surface area (Å²) >= 11 is 3.27. The second-order valence-electron chi connectivity index (χ2n) is 3.12. The van der Waals surface area contributed by atoms with Crippen molar-refractivity contribution in [2.24, 2.45) is 0 Å². The van der Waals surface area contributed by atoms with Gasteiger partial charge in [-0.1, -0.05) is 22.4 Å². The minimum atomic E-state index is -0.258. The van der Waals surface area contributed by atoms with Gasteiger partial charge >= 0.3 is 5.63 Å². The first-order chi connectivity index (χ1) is 5.75. The highest BCUT2D eigenvalue weighted by atomic mass is 79.9. The number of halogens is 1. The second-order valence-corrected chi connectivity index (χ2v) is 4.04. The van der Waals surface area contributed by atoms with Crippen molar-refractivity contribution in [3.8, 4) is 0 Å². The number of rotatable bonds is 1. The van der Waals surface area contributed by atoms with E-state index in [1.807, 2.05) is 6.07 Å². The molecule has 12 heavy (non-hydrogen) atoms. The Morgan fingerprint density at radius 1 is 1.42 bits per heavy atom. The largest absolute Gasteiger partial charge is 0.428 e. The quantitative estimate of drug-likeness (QED) is 0.740. The SMILES string of the molecule is O=c1cc(Br)cc(C2CCC2)o1. The summed E-state index contributed by atoms with van der Waals surface area (Å²) in [6.45, 7) is 0. The zero-order valence-corrected chi connectivity index (χ0v) is 8.13. The van der Waals surface area contributed by atoms with E-state index in [2.05, 4.69) is 15.9 Å². The maximum absolute atomic E-state index is 11.0. The molecule has 0 atom stereocenters. The lowest BCUT2D eigenvalue weighted by Gasteiger charge is -2.23. The van der Waals surface area contributed by atoms with Gasteiger partial charge in [0.15, 0.2) is 0 Å². The van der Waals surface area contributed by atoms with E-state index in [1.54, 1.807) is 0 Å². The van der Waals surface area contributed by atoms with Crippen LogP contribution in [0.4, 0.5) is 0 Å². The number of hydrogen-bond donors (Lipinski definition) is 0. The van der Waals surface area contributed by atoms with Gasteiger partial charge in [0.2, 0.25) is 0 Å². The van der Waals surface area contributed by atoms with Crippen LogP contribution in [-0.4, -0.2) is 0 Å². The van der Waals surface area contributed by atoms with Crippen molar-refractivity contribution >= 4 is 15.9 Å². The summed E-state index contributed by atoms with van der Waals surface area (Å²) in [6, 6.07) is 3.34. The molecule has 0 saturated heterocycles. The molecule has 0 amide bonds. The number of hydrogen-bond acceptors (Lipinski definition) is 2. The molecule has 0 aliphatic heterocycles. The molecule has 1 aliphatic carbocycles. The highest BCUT2D eigenvalue weighted by Crippen LogP contribution is 2.36. The van der Waals surface area contributed by atoms with Crippen LogP contribution in [0.2, 0.25) is 0 Å². The third kappa shape index (κ3) is 1.46. The van der Waals surface area contributed by atoms with Crippen LogP contribution in [0, 0.1) is 0 Å². The molecule has 0 bridgehead atoms. The van der Waals surface area contributed by atoms with E-state index >= 15 is 0 Å². The molecule has 0 radical (unpaired) electrons. The lowest BCUT2D eigenvalue weighted by atomic mass is 9.83. The molecule has 1 fully saturated rings. The summed E-state index contributed by atoms with van der Waals surface area (Å²) in [7, 11) is 0. The Kier molecular flexibility index (Phi) is 2.05. The highest BCUT2D eigenvalue weighted by Gasteiger charge is 2.22. The van der Waals surface area contributed by atoms with Crippen LogP contribution in [-0.2, 0) is 0 Å². The van der Waals surface area contributed by atoms with E-state index in [-0.39, 0.29) is 5.63 Å². The molecule has 1 aromatic heterocycles. The van der Waals surface area contributed by atoms with Gasteiger partial charge < -0.3 is 4.42 Å². The topological polar surface area (TPSA) is 30.2 Å². The molecule has 0 aromatic carbocycles. The molecule has 1 aromatic rings. The summed E-state index contributed by atoms with van der Waals surface area (Å²) in [6.07, 6.45) is 3.56. The zero-order valence-electron chi connectivity index (χ0n) is 6.55. The molecule has 0 N–H and O–H groups in total. The molecular formula is C9H9BrO2. The van der Waals surface area contributed by atoms with Crippen LogP contribution in [0.15, 0.2) is 25.8 Å².